The topological polar surface area (TPSA) is 61.4 Å². The van der Waals surface area contributed by atoms with Crippen LogP contribution in [0, 0.1) is 5.92 Å². The maximum atomic E-state index is 12.3. The van der Waals surface area contributed by atoms with E-state index >= 15 is 0 Å². The second-order valence-corrected chi connectivity index (χ2v) is 7.12. The number of aromatic nitrogens is 2. The van der Waals surface area contributed by atoms with E-state index in [0.717, 1.165) is 24.7 Å². The monoisotopic (exact) mass is 367 g/mol. The fraction of sp³-hybridized carbons (Fsp3) is 0.476. The molecule has 0 bridgehead atoms. The van der Waals surface area contributed by atoms with Gasteiger partial charge in [0.15, 0.2) is 11.5 Å². The lowest BCUT2D eigenvalue weighted by Crippen LogP contribution is -2.32. The highest BCUT2D eigenvalue weighted by Crippen LogP contribution is 2.25. The molecule has 1 aliphatic heterocycles. The largest absolute Gasteiger partial charge is 0.372 e. The molecule has 0 spiro atoms. The Morgan fingerprint density at radius 3 is 2.30 bits per heavy atom. The predicted molar refractivity (Wildman–Crippen MR) is 110 cm³/mol. The van der Waals surface area contributed by atoms with E-state index in [9.17, 15) is 4.79 Å². The molecule has 0 aliphatic carbocycles. The van der Waals surface area contributed by atoms with Crippen molar-refractivity contribution < 1.29 is 4.79 Å². The van der Waals surface area contributed by atoms with Crippen molar-refractivity contribution in [1.29, 1.82) is 0 Å². The van der Waals surface area contributed by atoms with E-state index in [1.54, 1.807) is 17.0 Å². The first-order valence-corrected chi connectivity index (χ1v) is 9.85. The molecule has 2 heterocycles. The zero-order valence-corrected chi connectivity index (χ0v) is 16.5. The van der Waals surface area contributed by atoms with Gasteiger partial charge < -0.3 is 15.1 Å². The van der Waals surface area contributed by atoms with Crippen molar-refractivity contribution in [2.45, 2.75) is 33.6 Å². The van der Waals surface area contributed by atoms with Gasteiger partial charge in [-0.1, -0.05) is 6.92 Å². The van der Waals surface area contributed by atoms with Gasteiger partial charge in [0.25, 0.3) is 5.91 Å². The van der Waals surface area contributed by atoms with Crippen LogP contribution in [0.25, 0.3) is 0 Å². The molecule has 0 radical (unpaired) electrons. The number of nitrogens with zero attached hydrogens (tertiary/aromatic N) is 4. The quantitative estimate of drug-likeness (QED) is 0.838. The van der Waals surface area contributed by atoms with E-state index in [1.807, 2.05) is 13.8 Å². The van der Waals surface area contributed by atoms with E-state index in [2.05, 4.69) is 51.6 Å². The summed E-state index contributed by atoms with van der Waals surface area (Å²) in [7, 11) is 0. The molecule has 27 heavy (non-hydrogen) atoms. The predicted octanol–water partition coefficient (Wildman–Crippen LogP) is 3.94. The summed E-state index contributed by atoms with van der Waals surface area (Å²) in [5.74, 6) is 1.38. The van der Waals surface area contributed by atoms with E-state index in [-0.39, 0.29) is 5.91 Å². The smallest absolute Gasteiger partial charge is 0.274 e. The number of carbonyl (C=O) groups is 1. The summed E-state index contributed by atoms with van der Waals surface area (Å²) in [6, 6.07) is 11.9. The normalized spacial score (nSPS) is 14.9. The van der Waals surface area contributed by atoms with Gasteiger partial charge in [-0.2, -0.15) is 0 Å². The summed E-state index contributed by atoms with van der Waals surface area (Å²) in [5, 5.41) is 11.5. The Labute approximate surface area is 161 Å². The summed E-state index contributed by atoms with van der Waals surface area (Å²) >= 11 is 0. The molecule has 1 saturated heterocycles. The number of hydrogen-bond donors (Lipinski definition) is 1. The molecular formula is C21H29N5O. The number of piperidine rings is 1. The maximum absolute atomic E-state index is 12.3. The second-order valence-electron chi connectivity index (χ2n) is 7.12. The maximum Gasteiger partial charge on any atom is 0.274 e. The number of hydrogen-bond acceptors (Lipinski definition) is 5. The third-order valence-electron chi connectivity index (χ3n) is 5.22. The van der Waals surface area contributed by atoms with E-state index in [4.69, 9.17) is 0 Å². The van der Waals surface area contributed by atoms with Crippen molar-refractivity contribution in [3.8, 4) is 0 Å². The summed E-state index contributed by atoms with van der Waals surface area (Å²) in [6.07, 6.45) is 2.52. The molecule has 1 aromatic carbocycles. The van der Waals surface area contributed by atoms with E-state index < -0.39 is 0 Å². The number of rotatable bonds is 6. The first-order valence-electron chi connectivity index (χ1n) is 9.85. The SMILES string of the molecule is CCN(CC)C(=O)c1ccc(Nc2ccc(N3CCC(C)CC3)cc2)nn1. The fourth-order valence-corrected chi connectivity index (χ4v) is 3.36. The highest BCUT2D eigenvalue weighted by molar-refractivity contribution is 5.92. The Kier molecular flexibility index (Phi) is 6.27. The van der Waals surface area contributed by atoms with Crippen LogP contribution in [-0.2, 0) is 0 Å². The Bertz CT molecular complexity index is 732. The van der Waals surface area contributed by atoms with Gasteiger partial charge in [0, 0.05) is 37.6 Å². The van der Waals surface area contributed by atoms with Crippen LogP contribution >= 0.6 is 0 Å². The zero-order chi connectivity index (χ0) is 19.2. The third kappa shape index (κ3) is 4.76. The minimum Gasteiger partial charge on any atom is -0.372 e. The molecule has 1 aromatic heterocycles. The van der Waals surface area contributed by atoms with Crippen LogP contribution in [0.5, 0.6) is 0 Å². The van der Waals surface area contributed by atoms with Gasteiger partial charge in [0.1, 0.15) is 0 Å². The average molecular weight is 367 g/mol. The van der Waals surface area contributed by atoms with Crippen LogP contribution in [0.2, 0.25) is 0 Å². The minimum atomic E-state index is -0.0840. The van der Waals surface area contributed by atoms with E-state index in [1.165, 1.54) is 18.5 Å². The number of anilines is 3. The number of amides is 1. The lowest BCUT2D eigenvalue weighted by atomic mass is 9.99. The van der Waals surface area contributed by atoms with Gasteiger partial charge in [0.2, 0.25) is 0 Å². The molecule has 3 rings (SSSR count). The van der Waals surface area contributed by atoms with Crippen LogP contribution < -0.4 is 10.2 Å². The second kappa shape index (κ2) is 8.84. The average Bonchev–Trinajstić information content (AvgIpc) is 2.71. The van der Waals surface area contributed by atoms with Crippen LogP contribution in [-0.4, -0.2) is 47.2 Å². The minimum absolute atomic E-state index is 0.0840. The van der Waals surface area contributed by atoms with E-state index in [0.29, 0.717) is 24.6 Å². The summed E-state index contributed by atoms with van der Waals surface area (Å²) in [6.45, 7) is 9.82. The lowest BCUT2D eigenvalue weighted by molar-refractivity contribution is 0.0766. The Balaban J connectivity index is 1.61. The zero-order valence-electron chi connectivity index (χ0n) is 16.5. The van der Waals surface area contributed by atoms with Gasteiger partial charge in [-0.15, -0.1) is 10.2 Å². The highest BCUT2D eigenvalue weighted by Gasteiger charge is 2.16. The van der Waals surface area contributed by atoms with Crippen molar-refractivity contribution >= 4 is 23.1 Å². The molecular weight excluding hydrogens is 338 g/mol. The Hall–Kier alpha value is -2.63. The molecule has 6 heteroatoms. The van der Waals surface area contributed by atoms with Gasteiger partial charge in [-0.25, -0.2) is 0 Å². The summed E-state index contributed by atoms with van der Waals surface area (Å²) < 4.78 is 0. The standard InChI is InChI=1S/C21H29N5O/c1-4-25(5-2)21(27)19-10-11-20(24-23-19)22-17-6-8-18(9-7-17)26-14-12-16(3)13-15-26/h6-11,16H,4-5,12-15H2,1-3H3,(H,22,24). The number of carbonyl (C=O) groups excluding carboxylic acids is 1. The highest BCUT2D eigenvalue weighted by atomic mass is 16.2. The number of benzene rings is 1. The van der Waals surface area contributed by atoms with Crippen LogP contribution in [0.4, 0.5) is 17.2 Å². The van der Waals surface area contributed by atoms with Crippen molar-refractivity contribution in [3.63, 3.8) is 0 Å². The molecule has 2 aromatic rings. The molecule has 0 saturated carbocycles. The molecule has 0 atom stereocenters. The Morgan fingerprint density at radius 1 is 1.07 bits per heavy atom. The molecule has 1 amide bonds. The van der Waals surface area contributed by atoms with Crippen molar-refractivity contribution in [2.75, 3.05) is 36.4 Å². The van der Waals surface area contributed by atoms with Gasteiger partial charge in [-0.3, -0.25) is 4.79 Å². The van der Waals surface area contributed by atoms with Crippen molar-refractivity contribution in [1.82, 2.24) is 15.1 Å². The molecule has 0 unspecified atom stereocenters. The Morgan fingerprint density at radius 2 is 1.74 bits per heavy atom. The van der Waals surface area contributed by atoms with Crippen molar-refractivity contribution in [3.05, 3.63) is 42.1 Å². The lowest BCUT2D eigenvalue weighted by Gasteiger charge is -2.32. The third-order valence-corrected chi connectivity index (χ3v) is 5.22. The number of nitrogens with one attached hydrogen (secondary N) is 1. The van der Waals surface area contributed by atoms with Crippen LogP contribution in [0.3, 0.4) is 0 Å². The molecule has 1 fully saturated rings. The molecule has 1 N–H and O–H groups in total. The van der Waals surface area contributed by atoms with Gasteiger partial charge in [0.05, 0.1) is 0 Å². The van der Waals surface area contributed by atoms with Crippen LogP contribution in [0.1, 0.15) is 44.1 Å². The van der Waals surface area contributed by atoms with Crippen LogP contribution in [0.15, 0.2) is 36.4 Å². The first-order chi connectivity index (χ1) is 13.1. The first kappa shape index (κ1) is 19.1. The summed E-state index contributed by atoms with van der Waals surface area (Å²) in [5.41, 5.74) is 2.60. The molecule has 6 nitrogen and oxygen atoms in total. The van der Waals surface area contributed by atoms with Crippen molar-refractivity contribution in [2.24, 2.45) is 5.92 Å². The molecule has 144 valence electrons. The van der Waals surface area contributed by atoms with Gasteiger partial charge >= 0.3 is 0 Å². The van der Waals surface area contributed by atoms with Gasteiger partial charge in [-0.05, 0) is 69.0 Å². The molecule has 1 aliphatic rings. The fourth-order valence-electron chi connectivity index (χ4n) is 3.36. The summed E-state index contributed by atoms with van der Waals surface area (Å²) in [4.78, 5) is 16.5.